The molecule has 0 fully saturated rings. The van der Waals surface area contributed by atoms with Crippen LogP contribution in [0.25, 0.3) is 11.5 Å². The predicted molar refractivity (Wildman–Crippen MR) is 82.2 cm³/mol. The number of pyridine rings is 1. The predicted octanol–water partition coefficient (Wildman–Crippen LogP) is 2.44. The number of carbonyl (C=O) groups excluding carboxylic acids is 1. The van der Waals surface area contributed by atoms with E-state index in [-0.39, 0.29) is 24.6 Å². The zero-order valence-corrected chi connectivity index (χ0v) is 14.3. The zero-order chi connectivity index (χ0) is 20.1. The highest BCUT2D eigenvalue weighted by Crippen LogP contribution is 2.35. The van der Waals surface area contributed by atoms with Gasteiger partial charge in [-0.1, -0.05) is 0 Å². The highest BCUT2D eigenvalue weighted by Gasteiger charge is 2.57. The van der Waals surface area contributed by atoms with Gasteiger partial charge in [-0.2, -0.15) is 13.2 Å². The molecule has 2 atom stereocenters. The van der Waals surface area contributed by atoms with E-state index in [4.69, 9.17) is 0 Å². The van der Waals surface area contributed by atoms with Gasteiger partial charge in [0.25, 0.3) is 5.91 Å². The molecule has 146 valence electrons. The summed E-state index contributed by atoms with van der Waals surface area (Å²) in [5, 5.41) is 9.62. The van der Waals surface area contributed by atoms with Crippen molar-refractivity contribution in [2.75, 3.05) is 6.54 Å². The van der Waals surface area contributed by atoms with E-state index in [1.807, 2.05) is 0 Å². The monoisotopic (exact) mass is 390 g/mol. The highest BCUT2D eigenvalue weighted by atomic mass is 19.4. The molecule has 0 aliphatic carbocycles. The Morgan fingerprint density at radius 3 is 2.52 bits per heavy atom. The summed E-state index contributed by atoms with van der Waals surface area (Å²) in [5.41, 5.74) is -3.40. The van der Waals surface area contributed by atoms with Gasteiger partial charge in [-0.05, 0) is 13.8 Å². The molecule has 0 spiro atoms. The van der Waals surface area contributed by atoms with Crippen molar-refractivity contribution >= 4 is 5.91 Å². The van der Waals surface area contributed by atoms with Crippen LogP contribution in [-0.2, 0) is 11.3 Å². The second-order valence-electron chi connectivity index (χ2n) is 6.53. The number of hydrogen-bond donors (Lipinski definition) is 1. The number of aromatic nitrogens is 3. The topological polar surface area (TPSA) is 71.2 Å². The molecule has 3 rings (SSSR count). The van der Waals surface area contributed by atoms with E-state index >= 15 is 0 Å². The van der Waals surface area contributed by atoms with Crippen LogP contribution in [0.15, 0.2) is 18.5 Å². The largest absolute Gasteiger partial charge is 0.426 e. The first-order valence-corrected chi connectivity index (χ1v) is 7.89. The molecule has 1 N–H and O–H groups in total. The molecule has 0 aromatic carbocycles. The average molecular weight is 390 g/mol. The van der Waals surface area contributed by atoms with E-state index in [0.717, 1.165) is 11.1 Å². The standard InChI is InChI=1S/C16H15F5N4O2/c1-8-6-24(14(26)15(2,27)16(19,20)21)7-10-5-23-13(25(8)10)12-11(18)3-9(17)4-22-12/h3-5,8,27H,6-7H2,1-2H3/t8-,15?/m1/s1. The first kappa shape index (κ1) is 19.2. The molecule has 1 aliphatic heterocycles. The van der Waals surface area contributed by atoms with E-state index in [1.54, 1.807) is 6.92 Å². The quantitative estimate of drug-likeness (QED) is 0.800. The molecule has 11 heteroatoms. The van der Waals surface area contributed by atoms with Crippen molar-refractivity contribution in [1.82, 2.24) is 19.4 Å². The Morgan fingerprint density at radius 1 is 1.26 bits per heavy atom. The number of imidazole rings is 1. The van der Waals surface area contributed by atoms with Crippen LogP contribution in [0.5, 0.6) is 0 Å². The number of halogens is 5. The number of amides is 1. The summed E-state index contributed by atoms with van der Waals surface area (Å²) in [6.07, 6.45) is -3.03. The molecule has 0 bridgehead atoms. The minimum Gasteiger partial charge on any atom is -0.373 e. The lowest BCUT2D eigenvalue weighted by molar-refractivity contribution is -0.251. The summed E-state index contributed by atoms with van der Waals surface area (Å²) in [6.45, 7) is 1.57. The highest BCUT2D eigenvalue weighted by molar-refractivity contribution is 5.85. The summed E-state index contributed by atoms with van der Waals surface area (Å²) >= 11 is 0. The van der Waals surface area contributed by atoms with Crippen LogP contribution < -0.4 is 0 Å². The maximum Gasteiger partial charge on any atom is 0.426 e. The van der Waals surface area contributed by atoms with Crippen molar-refractivity contribution in [3.8, 4) is 11.5 Å². The van der Waals surface area contributed by atoms with Crippen molar-refractivity contribution in [2.45, 2.75) is 38.2 Å². The first-order chi connectivity index (χ1) is 12.4. The first-order valence-electron chi connectivity index (χ1n) is 7.89. The maximum absolute atomic E-state index is 14.0. The Kier molecular flexibility index (Phi) is 4.45. The minimum absolute atomic E-state index is 0.0738. The van der Waals surface area contributed by atoms with Crippen LogP contribution in [0.1, 0.15) is 25.6 Å². The van der Waals surface area contributed by atoms with Gasteiger partial charge >= 0.3 is 6.18 Å². The van der Waals surface area contributed by atoms with Gasteiger partial charge in [-0.3, -0.25) is 4.79 Å². The molecule has 2 aromatic rings. The Bertz CT molecular complexity index is 893. The third-order valence-electron chi connectivity index (χ3n) is 4.43. The molecular weight excluding hydrogens is 375 g/mol. The van der Waals surface area contributed by atoms with Gasteiger partial charge < -0.3 is 14.6 Å². The van der Waals surface area contributed by atoms with E-state index in [0.29, 0.717) is 18.7 Å². The summed E-state index contributed by atoms with van der Waals surface area (Å²) < 4.78 is 67.4. The van der Waals surface area contributed by atoms with Crippen LogP contribution in [0.3, 0.4) is 0 Å². The second-order valence-corrected chi connectivity index (χ2v) is 6.53. The SMILES string of the molecule is C[C@@H]1CN(C(=O)C(C)(O)C(F)(F)F)Cc2cnc(-c3ncc(F)cc3F)n21. The Labute approximate surface area is 150 Å². The number of carbonyl (C=O) groups is 1. The summed E-state index contributed by atoms with van der Waals surface area (Å²) in [6, 6.07) is 0.0684. The Balaban J connectivity index is 1.95. The summed E-state index contributed by atoms with van der Waals surface area (Å²) in [5.74, 6) is -3.21. The molecule has 27 heavy (non-hydrogen) atoms. The van der Waals surface area contributed by atoms with Crippen molar-refractivity contribution in [2.24, 2.45) is 0 Å². The molecule has 0 radical (unpaired) electrons. The number of fused-ring (bicyclic) bond motifs is 1. The molecule has 3 heterocycles. The van der Waals surface area contributed by atoms with E-state index in [1.165, 1.54) is 10.8 Å². The molecule has 0 saturated carbocycles. The summed E-state index contributed by atoms with van der Waals surface area (Å²) in [7, 11) is 0. The molecule has 0 saturated heterocycles. The van der Waals surface area contributed by atoms with Gasteiger partial charge in [0, 0.05) is 12.6 Å². The fraction of sp³-hybridized carbons (Fsp3) is 0.438. The minimum atomic E-state index is -5.13. The van der Waals surface area contributed by atoms with Gasteiger partial charge in [0.05, 0.1) is 30.7 Å². The number of alkyl halides is 3. The molecule has 6 nitrogen and oxygen atoms in total. The fourth-order valence-corrected chi connectivity index (χ4v) is 3.00. The third kappa shape index (κ3) is 3.15. The van der Waals surface area contributed by atoms with Gasteiger partial charge in [-0.15, -0.1) is 0 Å². The molecular formula is C16H15F5N4O2. The van der Waals surface area contributed by atoms with E-state index in [9.17, 15) is 31.9 Å². The zero-order valence-electron chi connectivity index (χ0n) is 14.3. The lowest BCUT2D eigenvalue weighted by Crippen LogP contribution is -2.57. The van der Waals surface area contributed by atoms with E-state index < -0.39 is 35.4 Å². The van der Waals surface area contributed by atoms with Gasteiger partial charge in [0.15, 0.2) is 11.6 Å². The van der Waals surface area contributed by atoms with Gasteiger partial charge in [-0.25, -0.2) is 18.7 Å². The second kappa shape index (κ2) is 6.25. The lowest BCUT2D eigenvalue weighted by atomic mass is 10.0. The third-order valence-corrected chi connectivity index (χ3v) is 4.43. The Hall–Kier alpha value is -2.56. The summed E-state index contributed by atoms with van der Waals surface area (Å²) in [4.78, 5) is 20.8. The molecule has 1 unspecified atom stereocenters. The van der Waals surface area contributed by atoms with Crippen LogP contribution in [0, 0.1) is 11.6 Å². The number of aliphatic hydroxyl groups is 1. The number of hydrogen-bond acceptors (Lipinski definition) is 4. The van der Waals surface area contributed by atoms with Crippen molar-refractivity contribution in [1.29, 1.82) is 0 Å². The normalized spacial score (nSPS) is 19.6. The maximum atomic E-state index is 14.0. The smallest absolute Gasteiger partial charge is 0.373 e. The molecule has 1 aliphatic rings. The molecule has 2 aromatic heterocycles. The van der Waals surface area contributed by atoms with Crippen molar-refractivity contribution in [3.05, 3.63) is 35.8 Å². The van der Waals surface area contributed by atoms with Crippen LogP contribution >= 0.6 is 0 Å². The van der Waals surface area contributed by atoms with Crippen molar-refractivity contribution in [3.63, 3.8) is 0 Å². The van der Waals surface area contributed by atoms with Gasteiger partial charge in [0.2, 0.25) is 5.60 Å². The Morgan fingerprint density at radius 2 is 1.93 bits per heavy atom. The van der Waals surface area contributed by atoms with Gasteiger partial charge in [0.1, 0.15) is 11.5 Å². The fourth-order valence-electron chi connectivity index (χ4n) is 3.00. The molecule has 1 amide bonds. The van der Waals surface area contributed by atoms with Crippen LogP contribution in [0.2, 0.25) is 0 Å². The van der Waals surface area contributed by atoms with Crippen molar-refractivity contribution < 1.29 is 31.9 Å². The lowest BCUT2D eigenvalue weighted by Gasteiger charge is -2.37. The number of rotatable bonds is 2. The van der Waals surface area contributed by atoms with Crippen LogP contribution in [0.4, 0.5) is 22.0 Å². The van der Waals surface area contributed by atoms with E-state index in [2.05, 4.69) is 9.97 Å². The average Bonchev–Trinajstić information content (AvgIpc) is 2.97. The number of nitrogens with zero attached hydrogens (tertiary/aromatic N) is 4. The van der Waals surface area contributed by atoms with Crippen LogP contribution in [-0.4, -0.2) is 48.8 Å².